The lowest BCUT2D eigenvalue weighted by Crippen LogP contribution is -2.03. The Morgan fingerprint density at radius 3 is 2.10 bits per heavy atom. The lowest BCUT2D eigenvalue weighted by Gasteiger charge is -2.07. The van der Waals surface area contributed by atoms with Gasteiger partial charge in [-0.05, 0) is 49.9 Å². The third-order valence-corrected chi connectivity index (χ3v) is 6.35. The Morgan fingerprint density at radius 1 is 0.878 bits per heavy atom. The molecule has 0 saturated heterocycles. The summed E-state index contributed by atoms with van der Waals surface area (Å²) in [5.74, 6) is 0.894. The molecule has 5 aromatic rings. The summed E-state index contributed by atoms with van der Waals surface area (Å²) in [4.78, 5) is 36.9. The molecule has 3 N–H and O–H groups in total. The van der Waals surface area contributed by atoms with Gasteiger partial charge in [0.2, 0.25) is 0 Å². The second kappa shape index (κ2) is 12.5. The first kappa shape index (κ1) is 26.9. The van der Waals surface area contributed by atoms with Gasteiger partial charge in [-0.15, -0.1) is 0 Å². The summed E-state index contributed by atoms with van der Waals surface area (Å²) in [7, 11) is 0. The smallest absolute Gasteiger partial charge is 0.189 e. The molecule has 0 radical (unpaired) electrons. The van der Waals surface area contributed by atoms with Gasteiger partial charge in [-0.1, -0.05) is 12.1 Å². The maximum Gasteiger partial charge on any atom is 0.189 e. The first-order valence-electron chi connectivity index (χ1n) is 13.0. The van der Waals surface area contributed by atoms with Crippen LogP contribution in [0.4, 0.5) is 22.7 Å². The van der Waals surface area contributed by atoms with Crippen molar-refractivity contribution in [2.75, 3.05) is 11.1 Å². The standard InChI is InChI=1S/C15H11N5.C10H11N3.C5H4N2O/c1-16-11-2-5-13-14(6-11)20(12-3-4-12)15(19-13)10-7-17-9-18-8-10;1-12-8-4-5-9(11)10(6-8)13-7-2-3-7;8-3-5-1-6-4-7-2-5/h2,5-9,12H,3-4H2;4-7,13H,2-3,11H2;1-4H. The quantitative estimate of drug-likeness (QED) is 0.155. The lowest BCUT2D eigenvalue weighted by atomic mass is 10.2. The third-order valence-electron chi connectivity index (χ3n) is 6.35. The number of anilines is 2. The first-order valence-corrected chi connectivity index (χ1v) is 13.0. The highest BCUT2D eigenvalue weighted by molar-refractivity contribution is 5.84. The van der Waals surface area contributed by atoms with Crippen molar-refractivity contribution in [2.24, 2.45) is 0 Å². The normalized spacial score (nSPS) is 13.4. The van der Waals surface area contributed by atoms with Crippen molar-refractivity contribution in [1.29, 1.82) is 0 Å². The van der Waals surface area contributed by atoms with E-state index in [-0.39, 0.29) is 0 Å². The van der Waals surface area contributed by atoms with E-state index in [1.807, 2.05) is 18.2 Å². The lowest BCUT2D eigenvalue weighted by molar-refractivity contribution is 0.112. The van der Waals surface area contributed by atoms with E-state index >= 15 is 0 Å². The van der Waals surface area contributed by atoms with Crippen LogP contribution in [0.2, 0.25) is 0 Å². The molecule has 0 atom stereocenters. The van der Waals surface area contributed by atoms with Gasteiger partial charge in [0.15, 0.2) is 17.7 Å². The first-order chi connectivity index (χ1) is 20.1. The van der Waals surface area contributed by atoms with Crippen molar-refractivity contribution in [2.45, 2.75) is 37.8 Å². The van der Waals surface area contributed by atoms with Gasteiger partial charge < -0.3 is 15.6 Å². The summed E-state index contributed by atoms with van der Waals surface area (Å²) < 4.78 is 2.22. The van der Waals surface area contributed by atoms with Crippen LogP contribution in [0.5, 0.6) is 0 Å². The Labute approximate surface area is 236 Å². The molecule has 2 aliphatic rings. The van der Waals surface area contributed by atoms with E-state index in [0.717, 1.165) is 46.6 Å². The molecule has 2 fully saturated rings. The second-order valence-corrected chi connectivity index (χ2v) is 9.54. The minimum atomic E-state index is 0.483. The average Bonchev–Trinajstić information content (AvgIpc) is 3.98. The van der Waals surface area contributed by atoms with Gasteiger partial charge in [0.1, 0.15) is 18.5 Å². The number of nitrogens with two attached hydrogens (primary N) is 1. The van der Waals surface area contributed by atoms with Crippen LogP contribution in [-0.2, 0) is 0 Å². The van der Waals surface area contributed by atoms with E-state index in [9.17, 15) is 4.79 Å². The molecule has 11 nitrogen and oxygen atoms in total. The van der Waals surface area contributed by atoms with Crippen molar-refractivity contribution in [3.05, 3.63) is 102 Å². The molecule has 11 heteroatoms. The van der Waals surface area contributed by atoms with Gasteiger partial charge in [0.25, 0.3) is 0 Å². The molecule has 0 spiro atoms. The molecule has 3 heterocycles. The zero-order valence-electron chi connectivity index (χ0n) is 22.1. The molecular weight excluding hydrogens is 516 g/mol. The van der Waals surface area contributed by atoms with Crippen LogP contribution < -0.4 is 11.1 Å². The van der Waals surface area contributed by atoms with Crippen molar-refractivity contribution in [3.63, 3.8) is 0 Å². The van der Waals surface area contributed by atoms with E-state index in [1.165, 1.54) is 37.9 Å². The molecule has 41 heavy (non-hydrogen) atoms. The van der Waals surface area contributed by atoms with Gasteiger partial charge >= 0.3 is 0 Å². The molecule has 202 valence electrons. The Morgan fingerprint density at radius 2 is 1.51 bits per heavy atom. The van der Waals surface area contributed by atoms with Crippen LogP contribution in [0, 0.1) is 13.1 Å². The highest BCUT2D eigenvalue weighted by Crippen LogP contribution is 2.41. The molecule has 2 aliphatic carbocycles. The fourth-order valence-electron chi connectivity index (χ4n) is 4.03. The SMILES string of the molecule is O=Cc1cncnc1.[C-]#[N+]c1ccc(N)c(NC2CC2)c1.[C-]#[N+]c1ccc2nc(-c3cncnc3)n(C3CC3)c2c1. The Balaban J connectivity index is 0.000000138. The monoisotopic (exact) mass is 542 g/mol. The Bertz CT molecular complexity index is 1730. The van der Waals surface area contributed by atoms with Crippen molar-refractivity contribution in [1.82, 2.24) is 29.5 Å². The summed E-state index contributed by atoms with van der Waals surface area (Å²) in [6.45, 7) is 14.0. The van der Waals surface area contributed by atoms with Gasteiger partial charge in [-0.25, -0.2) is 34.6 Å². The second-order valence-electron chi connectivity index (χ2n) is 9.54. The number of benzene rings is 2. The van der Waals surface area contributed by atoms with Crippen LogP contribution in [0.3, 0.4) is 0 Å². The molecule has 0 aliphatic heterocycles. The van der Waals surface area contributed by atoms with Gasteiger partial charge in [0, 0.05) is 42.6 Å². The summed E-state index contributed by atoms with van der Waals surface area (Å²) in [6, 6.07) is 12.0. The molecule has 2 saturated carbocycles. The number of fused-ring (bicyclic) bond motifs is 1. The van der Waals surface area contributed by atoms with E-state index in [4.69, 9.17) is 23.9 Å². The highest BCUT2D eigenvalue weighted by Gasteiger charge is 2.29. The van der Waals surface area contributed by atoms with E-state index in [1.54, 1.807) is 30.6 Å². The number of imidazole rings is 1. The number of aldehydes is 1. The molecule has 0 bridgehead atoms. The van der Waals surface area contributed by atoms with Gasteiger partial charge in [-0.3, -0.25) is 4.79 Å². The molecular formula is C30H26N10O. The average molecular weight is 543 g/mol. The minimum absolute atomic E-state index is 0.483. The Hall–Kier alpha value is -5.68. The fourth-order valence-corrected chi connectivity index (χ4v) is 4.03. The number of carbonyl (C=O) groups is 1. The van der Waals surface area contributed by atoms with Gasteiger partial charge in [-0.2, -0.15) is 0 Å². The number of nitrogens with one attached hydrogen (secondary N) is 1. The van der Waals surface area contributed by atoms with Crippen molar-refractivity contribution in [3.8, 4) is 11.4 Å². The number of hydrogen-bond donors (Lipinski definition) is 2. The number of nitrogen functional groups attached to an aromatic ring is 1. The summed E-state index contributed by atoms with van der Waals surface area (Å²) in [5, 5.41) is 3.29. The zero-order chi connectivity index (χ0) is 28.6. The molecule has 7 rings (SSSR count). The number of aromatic nitrogens is 6. The Kier molecular flexibility index (Phi) is 8.17. The molecule has 0 amide bonds. The fraction of sp³-hybridized carbons (Fsp3) is 0.200. The number of hydrogen-bond acceptors (Lipinski definition) is 8. The van der Waals surface area contributed by atoms with Crippen LogP contribution >= 0.6 is 0 Å². The molecule has 2 aromatic carbocycles. The van der Waals surface area contributed by atoms with Crippen molar-refractivity contribution >= 4 is 40.1 Å². The maximum atomic E-state index is 9.93. The largest absolute Gasteiger partial charge is 0.397 e. The topological polar surface area (TPSA) is 133 Å². The van der Waals surface area contributed by atoms with Crippen LogP contribution in [-0.4, -0.2) is 41.8 Å². The van der Waals surface area contributed by atoms with Crippen molar-refractivity contribution < 1.29 is 4.79 Å². The van der Waals surface area contributed by atoms with E-state index in [0.29, 0.717) is 35.3 Å². The molecule has 0 unspecified atom stereocenters. The number of nitrogens with zero attached hydrogens (tertiary/aromatic N) is 8. The molecule has 3 aromatic heterocycles. The third kappa shape index (κ3) is 6.85. The van der Waals surface area contributed by atoms with Crippen LogP contribution in [0.1, 0.15) is 42.1 Å². The van der Waals surface area contributed by atoms with Crippen LogP contribution in [0.15, 0.2) is 73.8 Å². The summed E-state index contributed by atoms with van der Waals surface area (Å²) in [5.41, 5.74) is 12.0. The zero-order valence-corrected chi connectivity index (χ0v) is 22.1. The minimum Gasteiger partial charge on any atom is -0.397 e. The van der Waals surface area contributed by atoms with Crippen LogP contribution in [0.25, 0.3) is 32.1 Å². The van der Waals surface area contributed by atoms with E-state index in [2.05, 4.69) is 39.5 Å². The maximum absolute atomic E-state index is 9.93. The highest BCUT2D eigenvalue weighted by atomic mass is 16.1. The van der Waals surface area contributed by atoms with Gasteiger partial charge in [0.05, 0.1) is 41.0 Å². The summed E-state index contributed by atoms with van der Waals surface area (Å²) in [6.07, 6.45) is 14.8. The predicted octanol–water partition coefficient (Wildman–Crippen LogP) is 6.06. The van der Waals surface area contributed by atoms with E-state index < -0.39 is 0 Å². The summed E-state index contributed by atoms with van der Waals surface area (Å²) >= 11 is 0. The number of carbonyl (C=O) groups excluding carboxylic acids is 1. The predicted molar refractivity (Wildman–Crippen MR) is 156 cm³/mol. The number of rotatable bonds is 5.